The van der Waals surface area contributed by atoms with Crippen molar-refractivity contribution in [3.05, 3.63) is 33.8 Å². The van der Waals surface area contributed by atoms with Crippen molar-refractivity contribution in [2.45, 2.75) is 46.6 Å². The first-order valence-corrected chi connectivity index (χ1v) is 9.63. The number of anilines is 1. The lowest BCUT2D eigenvalue weighted by Gasteiger charge is -2.33. The number of hydrogen-bond donors (Lipinski definition) is 1. The van der Waals surface area contributed by atoms with E-state index in [4.69, 9.17) is 4.74 Å². The molecule has 0 spiro atoms. The van der Waals surface area contributed by atoms with Crippen LogP contribution in [-0.4, -0.2) is 29.4 Å². The molecule has 0 bridgehead atoms. The lowest BCUT2D eigenvalue weighted by atomic mass is 9.72. The van der Waals surface area contributed by atoms with Crippen LogP contribution in [0.4, 0.5) is 5.69 Å². The third-order valence-corrected chi connectivity index (χ3v) is 6.18. The Bertz CT molecular complexity index is 742. The van der Waals surface area contributed by atoms with E-state index in [0.717, 1.165) is 23.4 Å². The van der Waals surface area contributed by atoms with Crippen LogP contribution in [0.25, 0.3) is 0 Å². The first-order valence-electron chi connectivity index (χ1n) is 8.81. The van der Waals surface area contributed by atoms with E-state index in [0.29, 0.717) is 24.5 Å². The summed E-state index contributed by atoms with van der Waals surface area (Å²) < 4.78 is 6.81. The normalized spacial score (nSPS) is 17.4. The Morgan fingerprint density at radius 3 is 3.00 bits per heavy atom. The van der Waals surface area contributed by atoms with Crippen LogP contribution >= 0.6 is 11.3 Å². The van der Waals surface area contributed by atoms with Crippen molar-refractivity contribution in [2.24, 2.45) is 11.3 Å². The van der Waals surface area contributed by atoms with E-state index >= 15 is 0 Å². The zero-order valence-corrected chi connectivity index (χ0v) is 16.3. The van der Waals surface area contributed by atoms with Gasteiger partial charge in [0.25, 0.3) is 5.91 Å². The third kappa shape index (κ3) is 4.30. The predicted octanol–water partition coefficient (Wildman–Crippen LogP) is 3.99. The Morgan fingerprint density at radius 2 is 2.28 bits per heavy atom. The molecule has 2 aromatic heterocycles. The van der Waals surface area contributed by atoms with Crippen LogP contribution in [0.15, 0.2) is 18.5 Å². The summed E-state index contributed by atoms with van der Waals surface area (Å²) in [6, 6.07) is 2.09. The zero-order chi connectivity index (χ0) is 18.0. The molecule has 1 amide bonds. The van der Waals surface area contributed by atoms with Gasteiger partial charge in [-0.1, -0.05) is 20.8 Å². The molecule has 0 aromatic carbocycles. The van der Waals surface area contributed by atoms with E-state index in [-0.39, 0.29) is 5.91 Å². The van der Waals surface area contributed by atoms with Gasteiger partial charge in [0.15, 0.2) is 0 Å². The van der Waals surface area contributed by atoms with Gasteiger partial charge in [0, 0.05) is 18.2 Å². The van der Waals surface area contributed by atoms with Crippen molar-refractivity contribution in [1.82, 2.24) is 9.78 Å². The third-order valence-electron chi connectivity index (χ3n) is 4.95. The van der Waals surface area contributed by atoms with Gasteiger partial charge in [0.1, 0.15) is 0 Å². The Balaban J connectivity index is 1.66. The van der Waals surface area contributed by atoms with Crippen LogP contribution in [-0.2, 0) is 24.1 Å². The summed E-state index contributed by atoms with van der Waals surface area (Å²) in [4.78, 5) is 14.7. The Morgan fingerprint density at radius 1 is 1.48 bits per heavy atom. The highest BCUT2D eigenvalue weighted by atomic mass is 32.1. The van der Waals surface area contributed by atoms with Gasteiger partial charge < -0.3 is 10.1 Å². The highest BCUT2D eigenvalue weighted by molar-refractivity contribution is 7.14. The van der Waals surface area contributed by atoms with Gasteiger partial charge in [0.05, 0.1) is 29.9 Å². The fourth-order valence-corrected chi connectivity index (χ4v) is 4.41. The SMILES string of the molecule is COCCn1cc(NC(=O)c2cc3c(s2)CC[C@H](C(C)(C)C)C3)cn1. The van der Waals surface area contributed by atoms with Crippen molar-refractivity contribution >= 4 is 22.9 Å². The molecule has 5 nitrogen and oxygen atoms in total. The van der Waals surface area contributed by atoms with Crippen LogP contribution in [0.5, 0.6) is 0 Å². The fourth-order valence-electron chi connectivity index (χ4n) is 3.30. The van der Waals surface area contributed by atoms with Crippen molar-refractivity contribution in [3.63, 3.8) is 0 Å². The maximum atomic E-state index is 12.6. The van der Waals surface area contributed by atoms with Crippen LogP contribution in [0.1, 0.15) is 47.3 Å². The molecule has 1 aliphatic rings. The first kappa shape index (κ1) is 18.1. The fraction of sp³-hybridized carbons (Fsp3) is 0.579. The minimum Gasteiger partial charge on any atom is -0.383 e. The molecular weight excluding hydrogens is 334 g/mol. The number of nitrogens with zero attached hydrogens (tertiary/aromatic N) is 2. The van der Waals surface area contributed by atoms with Crippen molar-refractivity contribution in [2.75, 3.05) is 19.0 Å². The number of amides is 1. The Hall–Kier alpha value is -1.66. The average molecular weight is 362 g/mol. The van der Waals surface area contributed by atoms with E-state index < -0.39 is 0 Å². The summed E-state index contributed by atoms with van der Waals surface area (Å²) in [5.41, 5.74) is 2.40. The number of rotatable bonds is 5. The number of aromatic nitrogens is 2. The summed E-state index contributed by atoms with van der Waals surface area (Å²) in [6.07, 6.45) is 6.89. The molecule has 3 rings (SSSR count). The van der Waals surface area contributed by atoms with Gasteiger partial charge >= 0.3 is 0 Å². The maximum absolute atomic E-state index is 12.6. The lowest BCUT2D eigenvalue weighted by Crippen LogP contribution is -2.26. The maximum Gasteiger partial charge on any atom is 0.265 e. The van der Waals surface area contributed by atoms with E-state index in [9.17, 15) is 4.79 Å². The largest absolute Gasteiger partial charge is 0.383 e. The molecule has 0 aliphatic heterocycles. The van der Waals surface area contributed by atoms with Crippen LogP contribution < -0.4 is 5.32 Å². The highest BCUT2D eigenvalue weighted by Gasteiger charge is 2.30. The van der Waals surface area contributed by atoms with Gasteiger partial charge in [-0.3, -0.25) is 9.48 Å². The van der Waals surface area contributed by atoms with Gasteiger partial charge in [0.2, 0.25) is 0 Å². The molecule has 6 heteroatoms. The summed E-state index contributed by atoms with van der Waals surface area (Å²) in [5, 5.41) is 7.18. The molecule has 1 atom stereocenters. The second kappa shape index (κ2) is 7.30. The smallest absolute Gasteiger partial charge is 0.265 e. The van der Waals surface area contributed by atoms with E-state index in [1.807, 2.05) is 6.20 Å². The van der Waals surface area contributed by atoms with E-state index in [1.165, 1.54) is 16.9 Å². The second-order valence-corrected chi connectivity index (χ2v) is 8.94. The molecule has 2 aromatic rings. The monoisotopic (exact) mass is 361 g/mol. The molecule has 1 N–H and O–H groups in total. The molecule has 1 aliphatic carbocycles. The molecule has 0 saturated carbocycles. The van der Waals surface area contributed by atoms with Gasteiger partial charge in [-0.15, -0.1) is 11.3 Å². The summed E-state index contributed by atoms with van der Waals surface area (Å²) in [6.45, 7) is 8.20. The molecular formula is C19H27N3O2S. The number of aryl methyl sites for hydroxylation is 1. The molecule has 0 saturated heterocycles. The number of hydrogen-bond acceptors (Lipinski definition) is 4. The van der Waals surface area contributed by atoms with Crippen LogP contribution in [0, 0.1) is 11.3 Å². The van der Waals surface area contributed by atoms with Gasteiger partial charge in [-0.2, -0.15) is 5.10 Å². The predicted molar refractivity (Wildman–Crippen MR) is 101 cm³/mol. The molecule has 25 heavy (non-hydrogen) atoms. The number of methoxy groups -OCH3 is 1. The summed E-state index contributed by atoms with van der Waals surface area (Å²) in [5.74, 6) is 0.641. The van der Waals surface area contributed by atoms with E-state index in [1.54, 1.807) is 29.3 Å². The number of carbonyl (C=O) groups excluding carboxylic acids is 1. The number of carbonyl (C=O) groups is 1. The number of fused-ring (bicyclic) bond motifs is 1. The minimum atomic E-state index is -0.0435. The minimum absolute atomic E-state index is 0.0435. The Kier molecular flexibility index (Phi) is 5.29. The summed E-state index contributed by atoms with van der Waals surface area (Å²) >= 11 is 1.64. The second-order valence-electron chi connectivity index (χ2n) is 7.80. The molecule has 0 fully saturated rings. The van der Waals surface area contributed by atoms with Crippen LogP contribution in [0.3, 0.4) is 0 Å². The van der Waals surface area contributed by atoms with E-state index in [2.05, 4.69) is 37.3 Å². The quantitative estimate of drug-likeness (QED) is 0.876. The zero-order valence-electron chi connectivity index (χ0n) is 15.5. The number of nitrogens with one attached hydrogen (secondary N) is 1. The summed E-state index contributed by atoms with van der Waals surface area (Å²) in [7, 11) is 1.66. The molecule has 0 unspecified atom stereocenters. The number of thiophene rings is 1. The Labute approximate surface area is 153 Å². The molecule has 0 radical (unpaired) electrons. The first-order chi connectivity index (χ1) is 11.9. The number of ether oxygens (including phenoxy) is 1. The topological polar surface area (TPSA) is 56.1 Å². The van der Waals surface area contributed by atoms with Crippen LogP contribution in [0.2, 0.25) is 0 Å². The van der Waals surface area contributed by atoms with Crippen molar-refractivity contribution in [3.8, 4) is 0 Å². The van der Waals surface area contributed by atoms with Gasteiger partial charge in [-0.25, -0.2) is 0 Å². The lowest BCUT2D eigenvalue weighted by molar-refractivity contribution is 0.103. The van der Waals surface area contributed by atoms with Crippen molar-refractivity contribution < 1.29 is 9.53 Å². The standard InChI is InChI=1S/C19H27N3O2S/c1-19(2,3)14-5-6-16-13(9-14)10-17(25-16)18(23)21-15-11-20-22(12-15)7-8-24-4/h10-12,14H,5-9H2,1-4H3,(H,21,23)/t14-/m0/s1. The van der Waals surface area contributed by atoms with Gasteiger partial charge in [-0.05, 0) is 42.2 Å². The molecule has 136 valence electrons. The molecule has 2 heterocycles. The highest BCUT2D eigenvalue weighted by Crippen LogP contribution is 2.40. The van der Waals surface area contributed by atoms with Crippen molar-refractivity contribution in [1.29, 1.82) is 0 Å². The average Bonchev–Trinajstić information content (AvgIpc) is 3.17.